The van der Waals surface area contributed by atoms with Gasteiger partial charge in [0.1, 0.15) is 0 Å². The molecule has 2 nitrogen and oxygen atoms in total. The zero-order chi connectivity index (χ0) is 15.4. The van der Waals surface area contributed by atoms with Crippen molar-refractivity contribution >= 4 is 23.2 Å². The molecule has 0 radical (unpaired) electrons. The van der Waals surface area contributed by atoms with Crippen molar-refractivity contribution in [3.05, 3.63) is 69.2 Å². The molecule has 0 aliphatic heterocycles. The number of nitrogens with one attached hydrogen (secondary N) is 1. The van der Waals surface area contributed by atoms with Gasteiger partial charge in [0.2, 0.25) is 0 Å². The van der Waals surface area contributed by atoms with Crippen LogP contribution in [0.15, 0.2) is 42.5 Å². The third-order valence-electron chi connectivity index (χ3n) is 3.38. The van der Waals surface area contributed by atoms with Crippen LogP contribution in [-0.4, -0.2) is 0 Å². The van der Waals surface area contributed by atoms with E-state index < -0.39 is 0 Å². The lowest BCUT2D eigenvalue weighted by atomic mass is 9.95. The summed E-state index contributed by atoms with van der Waals surface area (Å²) in [7, 11) is 0. The van der Waals surface area contributed by atoms with Crippen molar-refractivity contribution < 1.29 is 0 Å². The lowest BCUT2D eigenvalue weighted by molar-refractivity contribution is 0.628. The molecule has 0 fully saturated rings. The second-order valence-corrected chi connectivity index (χ2v) is 6.39. The topological polar surface area (TPSA) is 38.0 Å². The quantitative estimate of drug-likeness (QED) is 0.616. The van der Waals surface area contributed by atoms with E-state index in [4.69, 9.17) is 29.0 Å². The zero-order valence-corrected chi connectivity index (χ0v) is 13.7. The Morgan fingerprint density at radius 3 is 2.24 bits per heavy atom. The Morgan fingerprint density at radius 1 is 1.05 bits per heavy atom. The largest absolute Gasteiger partial charge is 0.271 e. The van der Waals surface area contributed by atoms with E-state index in [1.165, 1.54) is 5.56 Å². The zero-order valence-electron chi connectivity index (χ0n) is 12.2. The van der Waals surface area contributed by atoms with E-state index >= 15 is 0 Å². The molecule has 1 unspecified atom stereocenters. The molecular formula is C17H20Cl2N2. The van der Waals surface area contributed by atoms with Crippen molar-refractivity contribution in [2.75, 3.05) is 0 Å². The van der Waals surface area contributed by atoms with Gasteiger partial charge in [0.05, 0.1) is 6.04 Å². The van der Waals surface area contributed by atoms with Gasteiger partial charge >= 0.3 is 0 Å². The molecule has 0 amide bonds. The molecule has 0 aliphatic carbocycles. The molecule has 4 heteroatoms. The predicted molar refractivity (Wildman–Crippen MR) is 90.6 cm³/mol. The first-order chi connectivity index (χ1) is 10.0. The average molecular weight is 323 g/mol. The van der Waals surface area contributed by atoms with Crippen molar-refractivity contribution in [1.29, 1.82) is 0 Å². The van der Waals surface area contributed by atoms with Gasteiger partial charge in [-0.2, -0.15) is 0 Å². The van der Waals surface area contributed by atoms with Crippen LogP contribution in [0.25, 0.3) is 0 Å². The monoisotopic (exact) mass is 322 g/mol. The molecule has 0 heterocycles. The molecular weight excluding hydrogens is 303 g/mol. The average Bonchev–Trinajstić information content (AvgIpc) is 2.42. The highest BCUT2D eigenvalue weighted by Gasteiger charge is 2.19. The van der Waals surface area contributed by atoms with Crippen LogP contribution in [0.2, 0.25) is 10.0 Å². The van der Waals surface area contributed by atoms with Gasteiger partial charge in [-0.05, 0) is 35.6 Å². The van der Waals surface area contributed by atoms with E-state index in [-0.39, 0.29) is 6.04 Å². The van der Waals surface area contributed by atoms with Crippen LogP contribution in [0.1, 0.15) is 36.6 Å². The second kappa shape index (κ2) is 7.28. The number of halogens is 2. The standard InChI is InChI=1S/C17H20Cl2N2/c1-11(2)9-12-5-3-6-13(10-12)17(21-20)16-14(18)7-4-8-15(16)19/h3-8,10-11,17,21H,9,20H2,1-2H3. The fourth-order valence-electron chi connectivity index (χ4n) is 2.50. The number of hydrazine groups is 1. The molecule has 0 bridgehead atoms. The summed E-state index contributed by atoms with van der Waals surface area (Å²) in [6, 6.07) is 13.6. The van der Waals surface area contributed by atoms with E-state index in [1.807, 2.05) is 30.3 Å². The maximum atomic E-state index is 6.30. The van der Waals surface area contributed by atoms with Gasteiger partial charge in [-0.1, -0.05) is 67.4 Å². The maximum absolute atomic E-state index is 6.30. The van der Waals surface area contributed by atoms with Crippen LogP contribution in [0.4, 0.5) is 0 Å². The fraction of sp³-hybridized carbons (Fsp3) is 0.294. The summed E-state index contributed by atoms with van der Waals surface area (Å²) < 4.78 is 0. The number of rotatable bonds is 5. The van der Waals surface area contributed by atoms with E-state index in [9.17, 15) is 0 Å². The molecule has 2 aromatic carbocycles. The highest BCUT2D eigenvalue weighted by Crippen LogP contribution is 2.34. The number of benzene rings is 2. The van der Waals surface area contributed by atoms with Gasteiger partial charge in [-0.3, -0.25) is 5.84 Å². The van der Waals surface area contributed by atoms with E-state index in [1.54, 1.807) is 0 Å². The molecule has 1 atom stereocenters. The number of hydrogen-bond acceptors (Lipinski definition) is 2. The van der Waals surface area contributed by atoms with Crippen LogP contribution in [0, 0.1) is 5.92 Å². The molecule has 0 aliphatic rings. The highest BCUT2D eigenvalue weighted by atomic mass is 35.5. The van der Waals surface area contributed by atoms with Crippen molar-refractivity contribution in [3.63, 3.8) is 0 Å². The van der Waals surface area contributed by atoms with Crippen molar-refractivity contribution in [2.24, 2.45) is 11.8 Å². The minimum atomic E-state index is -0.224. The molecule has 0 saturated heterocycles. The molecule has 0 spiro atoms. The molecule has 112 valence electrons. The Balaban J connectivity index is 2.42. The summed E-state index contributed by atoms with van der Waals surface area (Å²) in [4.78, 5) is 0. The Labute approximate surface area is 136 Å². The summed E-state index contributed by atoms with van der Waals surface area (Å²) in [6.07, 6.45) is 1.03. The first-order valence-electron chi connectivity index (χ1n) is 7.01. The molecule has 21 heavy (non-hydrogen) atoms. The SMILES string of the molecule is CC(C)Cc1cccc(C(NN)c2c(Cl)cccc2Cl)c1. The van der Waals surface area contributed by atoms with Crippen molar-refractivity contribution in [3.8, 4) is 0 Å². The Bertz CT molecular complexity index is 591. The number of nitrogens with two attached hydrogens (primary N) is 1. The van der Waals surface area contributed by atoms with Crippen LogP contribution < -0.4 is 11.3 Å². The van der Waals surface area contributed by atoms with Gasteiger partial charge < -0.3 is 0 Å². The van der Waals surface area contributed by atoms with Crippen LogP contribution in [0.3, 0.4) is 0 Å². The molecule has 2 aromatic rings. The Hall–Kier alpha value is -1.06. The maximum Gasteiger partial charge on any atom is 0.0739 e. The first kappa shape index (κ1) is 16.3. The van der Waals surface area contributed by atoms with E-state index in [0.29, 0.717) is 16.0 Å². The lowest BCUT2D eigenvalue weighted by Gasteiger charge is -2.20. The van der Waals surface area contributed by atoms with E-state index in [0.717, 1.165) is 17.5 Å². The van der Waals surface area contributed by atoms with Crippen LogP contribution >= 0.6 is 23.2 Å². The number of hydrogen-bond donors (Lipinski definition) is 2. The van der Waals surface area contributed by atoms with Crippen LogP contribution in [0.5, 0.6) is 0 Å². The molecule has 3 N–H and O–H groups in total. The van der Waals surface area contributed by atoms with E-state index in [2.05, 4.69) is 31.4 Å². The Morgan fingerprint density at radius 2 is 1.67 bits per heavy atom. The molecule has 0 saturated carbocycles. The minimum absolute atomic E-state index is 0.224. The molecule has 0 aromatic heterocycles. The normalized spacial score (nSPS) is 12.7. The van der Waals surface area contributed by atoms with Gasteiger partial charge in [-0.15, -0.1) is 0 Å². The van der Waals surface area contributed by atoms with Gasteiger partial charge in [0, 0.05) is 15.6 Å². The van der Waals surface area contributed by atoms with Crippen molar-refractivity contribution in [1.82, 2.24) is 5.43 Å². The summed E-state index contributed by atoms with van der Waals surface area (Å²) >= 11 is 12.6. The summed E-state index contributed by atoms with van der Waals surface area (Å²) in [6.45, 7) is 4.41. The summed E-state index contributed by atoms with van der Waals surface area (Å²) in [5.74, 6) is 6.36. The Kier molecular flexibility index (Phi) is 5.65. The lowest BCUT2D eigenvalue weighted by Crippen LogP contribution is -2.29. The third-order valence-corrected chi connectivity index (χ3v) is 4.04. The minimum Gasteiger partial charge on any atom is -0.271 e. The van der Waals surface area contributed by atoms with Gasteiger partial charge in [0.25, 0.3) is 0 Å². The van der Waals surface area contributed by atoms with Gasteiger partial charge in [-0.25, -0.2) is 5.43 Å². The molecule has 2 rings (SSSR count). The summed E-state index contributed by atoms with van der Waals surface area (Å²) in [5, 5.41) is 1.22. The van der Waals surface area contributed by atoms with Crippen molar-refractivity contribution in [2.45, 2.75) is 26.3 Å². The van der Waals surface area contributed by atoms with Gasteiger partial charge in [0.15, 0.2) is 0 Å². The highest BCUT2D eigenvalue weighted by molar-refractivity contribution is 6.36. The second-order valence-electron chi connectivity index (χ2n) is 5.58. The first-order valence-corrected chi connectivity index (χ1v) is 7.77. The fourth-order valence-corrected chi connectivity index (χ4v) is 3.12. The summed E-state index contributed by atoms with van der Waals surface area (Å²) in [5.41, 5.74) is 5.98. The predicted octanol–water partition coefficient (Wildman–Crippen LogP) is 4.74. The van der Waals surface area contributed by atoms with Crippen LogP contribution in [-0.2, 0) is 6.42 Å². The third kappa shape index (κ3) is 3.98. The smallest absolute Gasteiger partial charge is 0.0739 e.